The van der Waals surface area contributed by atoms with Crippen LogP contribution in [0, 0.1) is 0 Å². The first-order chi connectivity index (χ1) is 14.8. The molecule has 1 aromatic carbocycles. The predicted molar refractivity (Wildman–Crippen MR) is 105 cm³/mol. The Morgan fingerprint density at radius 2 is 1.81 bits per heavy atom. The molecule has 162 valence electrons. The van der Waals surface area contributed by atoms with Crippen molar-refractivity contribution in [2.75, 3.05) is 20.2 Å². The third-order valence-electron chi connectivity index (χ3n) is 5.24. The number of methoxy groups -OCH3 is 1. The van der Waals surface area contributed by atoms with Crippen LogP contribution in [0.1, 0.15) is 34.8 Å². The molecule has 1 aliphatic heterocycles. The van der Waals surface area contributed by atoms with E-state index in [1.54, 1.807) is 18.2 Å². The molecule has 3 aromatic rings. The van der Waals surface area contributed by atoms with Gasteiger partial charge >= 0.3 is 6.36 Å². The van der Waals surface area contributed by atoms with Crippen LogP contribution in [0.3, 0.4) is 0 Å². The SMILES string of the molecule is COc1cc2c(C3CCN(C(=O)c4ccc(OC(F)(F)F)cc4)CC3)ncnc2cn1. The zero-order valence-corrected chi connectivity index (χ0v) is 16.6. The molecule has 10 heteroatoms. The number of rotatable bonds is 4. The van der Waals surface area contributed by atoms with Gasteiger partial charge in [-0.1, -0.05) is 0 Å². The molecule has 0 spiro atoms. The van der Waals surface area contributed by atoms with Gasteiger partial charge in [-0.05, 0) is 37.1 Å². The van der Waals surface area contributed by atoms with Crippen molar-refractivity contribution in [1.29, 1.82) is 0 Å². The number of halogens is 3. The minimum atomic E-state index is -4.77. The Morgan fingerprint density at radius 1 is 1.10 bits per heavy atom. The van der Waals surface area contributed by atoms with Crippen LogP contribution in [0.15, 0.2) is 42.9 Å². The molecule has 0 N–H and O–H groups in total. The summed E-state index contributed by atoms with van der Waals surface area (Å²) < 4.78 is 45.9. The van der Waals surface area contributed by atoms with Crippen LogP contribution in [-0.4, -0.2) is 52.3 Å². The molecule has 2 aromatic heterocycles. The number of amides is 1. The molecule has 0 saturated carbocycles. The second-order valence-corrected chi connectivity index (χ2v) is 7.14. The molecular formula is C21H19F3N4O3. The van der Waals surface area contributed by atoms with Crippen LogP contribution in [0.4, 0.5) is 13.2 Å². The quantitative estimate of drug-likeness (QED) is 0.621. The number of pyridine rings is 1. The maximum atomic E-state index is 12.7. The second kappa shape index (κ2) is 8.37. The van der Waals surface area contributed by atoms with Crippen LogP contribution in [-0.2, 0) is 0 Å². The van der Waals surface area contributed by atoms with E-state index in [1.807, 2.05) is 6.07 Å². The topological polar surface area (TPSA) is 77.4 Å². The normalized spacial score (nSPS) is 15.2. The summed E-state index contributed by atoms with van der Waals surface area (Å²) in [7, 11) is 1.55. The van der Waals surface area contributed by atoms with E-state index >= 15 is 0 Å². The Labute approximate surface area is 175 Å². The van der Waals surface area contributed by atoms with Crippen molar-refractivity contribution in [3.8, 4) is 11.6 Å². The number of likely N-dealkylation sites (tertiary alicyclic amines) is 1. The Hall–Kier alpha value is -3.43. The fourth-order valence-corrected chi connectivity index (χ4v) is 3.73. The molecule has 0 bridgehead atoms. The summed E-state index contributed by atoms with van der Waals surface area (Å²) in [6.07, 6.45) is -0.202. The van der Waals surface area contributed by atoms with E-state index in [-0.39, 0.29) is 17.6 Å². The number of carbonyl (C=O) groups is 1. The van der Waals surface area contributed by atoms with Crippen molar-refractivity contribution in [1.82, 2.24) is 19.9 Å². The summed E-state index contributed by atoms with van der Waals surface area (Å²) in [6.45, 7) is 1.02. The molecule has 1 amide bonds. The molecule has 3 heterocycles. The van der Waals surface area contributed by atoms with Gasteiger partial charge in [0.15, 0.2) is 0 Å². The van der Waals surface area contributed by atoms with Crippen LogP contribution >= 0.6 is 0 Å². The highest BCUT2D eigenvalue weighted by Gasteiger charge is 2.31. The first kappa shape index (κ1) is 20.8. The lowest BCUT2D eigenvalue weighted by Gasteiger charge is -2.32. The van der Waals surface area contributed by atoms with Crippen molar-refractivity contribution < 1.29 is 27.4 Å². The number of alkyl halides is 3. The van der Waals surface area contributed by atoms with E-state index in [0.29, 0.717) is 37.4 Å². The second-order valence-electron chi connectivity index (χ2n) is 7.14. The smallest absolute Gasteiger partial charge is 0.481 e. The highest BCUT2D eigenvalue weighted by Crippen LogP contribution is 2.32. The molecular weight excluding hydrogens is 413 g/mol. The van der Waals surface area contributed by atoms with Crippen molar-refractivity contribution >= 4 is 16.8 Å². The Morgan fingerprint density at radius 3 is 2.45 bits per heavy atom. The number of fused-ring (bicyclic) bond motifs is 1. The summed E-state index contributed by atoms with van der Waals surface area (Å²) in [5, 5.41) is 0.874. The highest BCUT2D eigenvalue weighted by molar-refractivity contribution is 5.94. The minimum absolute atomic E-state index is 0.143. The molecule has 1 fully saturated rings. The molecule has 7 nitrogen and oxygen atoms in total. The van der Waals surface area contributed by atoms with Gasteiger partial charge in [0.05, 0.1) is 24.5 Å². The fourth-order valence-electron chi connectivity index (χ4n) is 3.73. The van der Waals surface area contributed by atoms with Gasteiger partial charge in [0.1, 0.15) is 12.1 Å². The van der Waals surface area contributed by atoms with Gasteiger partial charge in [-0.15, -0.1) is 13.2 Å². The maximum absolute atomic E-state index is 12.7. The molecule has 4 rings (SSSR count). The lowest BCUT2D eigenvalue weighted by molar-refractivity contribution is -0.274. The van der Waals surface area contributed by atoms with Crippen LogP contribution < -0.4 is 9.47 Å². The average molecular weight is 432 g/mol. The lowest BCUT2D eigenvalue weighted by atomic mass is 9.91. The largest absolute Gasteiger partial charge is 0.573 e. The summed E-state index contributed by atoms with van der Waals surface area (Å²) in [5.74, 6) is 0.0390. The third-order valence-corrected chi connectivity index (χ3v) is 5.24. The molecule has 31 heavy (non-hydrogen) atoms. The molecule has 0 unspecified atom stereocenters. The number of hydrogen-bond donors (Lipinski definition) is 0. The van der Waals surface area contributed by atoms with E-state index in [1.165, 1.54) is 18.5 Å². The van der Waals surface area contributed by atoms with Crippen molar-refractivity contribution in [2.45, 2.75) is 25.1 Å². The number of carbonyl (C=O) groups excluding carboxylic acids is 1. The van der Waals surface area contributed by atoms with Gasteiger partial charge in [-0.2, -0.15) is 0 Å². The average Bonchev–Trinajstić information content (AvgIpc) is 2.77. The van der Waals surface area contributed by atoms with Gasteiger partial charge < -0.3 is 14.4 Å². The Balaban J connectivity index is 1.44. The number of piperidine rings is 1. The standard InChI is InChI=1S/C21H19F3N4O3/c1-30-18-10-16-17(11-25-18)26-12-27-19(16)13-6-8-28(9-7-13)20(29)14-2-4-15(5-3-14)31-21(22,23)24/h2-5,10-13H,6-9H2,1H3. The zero-order chi connectivity index (χ0) is 22.0. The summed E-state index contributed by atoms with van der Waals surface area (Å²) in [5.41, 5.74) is 1.94. The van der Waals surface area contributed by atoms with Crippen molar-refractivity contribution in [2.24, 2.45) is 0 Å². The van der Waals surface area contributed by atoms with Gasteiger partial charge in [0, 0.05) is 36.0 Å². The van der Waals surface area contributed by atoms with E-state index in [4.69, 9.17) is 4.74 Å². The van der Waals surface area contributed by atoms with E-state index < -0.39 is 6.36 Å². The maximum Gasteiger partial charge on any atom is 0.573 e. The molecule has 0 radical (unpaired) electrons. The van der Waals surface area contributed by atoms with Crippen LogP contribution in [0.2, 0.25) is 0 Å². The van der Waals surface area contributed by atoms with Crippen molar-refractivity contribution in [3.63, 3.8) is 0 Å². The van der Waals surface area contributed by atoms with Gasteiger partial charge in [-0.3, -0.25) is 4.79 Å². The third kappa shape index (κ3) is 4.68. The fraction of sp³-hybridized carbons (Fsp3) is 0.333. The summed E-state index contributed by atoms with van der Waals surface area (Å²) in [6, 6.07) is 6.77. The predicted octanol–water partition coefficient (Wildman–Crippen LogP) is 3.95. The minimum Gasteiger partial charge on any atom is -0.481 e. The number of hydrogen-bond acceptors (Lipinski definition) is 6. The van der Waals surface area contributed by atoms with Crippen LogP contribution in [0.5, 0.6) is 11.6 Å². The number of ether oxygens (including phenoxy) is 2. The van der Waals surface area contributed by atoms with E-state index in [0.717, 1.165) is 28.7 Å². The zero-order valence-electron chi connectivity index (χ0n) is 16.6. The van der Waals surface area contributed by atoms with E-state index in [9.17, 15) is 18.0 Å². The molecule has 1 saturated heterocycles. The van der Waals surface area contributed by atoms with E-state index in [2.05, 4.69) is 19.7 Å². The van der Waals surface area contributed by atoms with Crippen LogP contribution in [0.25, 0.3) is 10.9 Å². The molecule has 0 atom stereocenters. The molecule has 1 aliphatic rings. The van der Waals surface area contributed by atoms with Gasteiger partial charge in [0.2, 0.25) is 5.88 Å². The highest BCUT2D eigenvalue weighted by atomic mass is 19.4. The first-order valence-corrected chi connectivity index (χ1v) is 9.64. The van der Waals surface area contributed by atoms with Gasteiger partial charge in [-0.25, -0.2) is 15.0 Å². The first-order valence-electron chi connectivity index (χ1n) is 9.64. The molecule has 0 aliphatic carbocycles. The number of benzene rings is 1. The van der Waals surface area contributed by atoms with Gasteiger partial charge in [0.25, 0.3) is 5.91 Å². The lowest BCUT2D eigenvalue weighted by Crippen LogP contribution is -2.38. The monoisotopic (exact) mass is 432 g/mol. The number of nitrogens with zero attached hydrogens (tertiary/aromatic N) is 4. The Bertz CT molecular complexity index is 1080. The Kier molecular flexibility index (Phi) is 5.62. The summed E-state index contributed by atoms with van der Waals surface area (Å²) >= 11 is 0. The summed E-state index contributed by atoms with van der Waals surface area (Å²) in [4.78, 5) is 27.3. The van der Waals surface area contributed by atoms with Crippen molar-refractivity contribution in [3.05, 3.63) is 54.1 Å². The number of aromatic nitrogens is 3.